The fourth-order valence-corrected chi connectivity index (χ4v) is 4.06. The summed E-state index contributed by atoms with van der Waals surface area (Å²) in [5, 5.41) is 7.13. The summed E-state index contributed by atoms with van der Waals surface area (Å²) in [4.78, 5) is 9.68. The summed E-state index contributed by atoms with van der Waals surface area (Å²) < 4.78 is 0. The van der Waals surface area contributed by atoms with Crippen LogP contribution in [0.3, 0.4) is 0 Å². The molecule has 0 aromatic carbocycles. The Kier molecular flexibility index (Phi) is 8.33. The van der Waals surface area contributed by atoms with Crippen molar-refractivity contribution in [3.63, 3.8) is 0 Å². The van der Waals surface area contributed by atoms with E-state index in [2.05, 4.69) is 39.4 Å². The first kappa shape index (κ1) is 19.5. The minimum atomic E-state index is 0.313. The van der Waals surface area contributed by atoms with Crippen LogP contribution in [-0.2, 0) is 0 Å². The van der Waals surface area contributed by atoms with Crippen LogP contribution in [0.15, 0.2) is 4.99 Å². The Hall–Kier alpha value is -0.810. The van der Waals surface area contributed by atoms with Crippen molar-refractivity contribution in [1.82, 2.24) is 20.4 Å². The van der Waals surface area contributed by atoms with Crippen molar-refractivity contribution in [3.8, 4) is 0 Å². The molecule has 2 N–H and O–H groups in total. The third-order valence-electron chi connectivity index (χ3n) is 5.83. The number of unbranched alkanes of at least 4 members (excludes halogenated alkanes) is 2. The predicted molar refractivity (Wildman–Crippen MR) is 104 cm³/mol. The molecule has 0 amide bonds. The number of guanidine groups is 1. The van der Waals surface area contributed by atoms with E-state index in [1.54, 1.807) is 0 Å². The van der Waals surface area contributed by atoms with Crippen molar-refractivity contribution >= 4 is 5.96 Å². The first-order chi connectivity index (χ1) is 11.7. The van der Waals surface area contributed by atoms with Crippen LogP contribution in [0.2, 0.25) is 0 Å². The van der Waals surface area contributed by atoms with E-state index in [4.69, 9.17) is 0 Å². The number of likely N-dealkylation sites (tertiary alicyclic amines) is 2. The topological polar surface area (TPSA) is 42.9 Å². The minimum Gasteiger partial charge on any atom is -0.356 e. The number of rotatable bonds is 7. The lowest BCUT2D eigenvalue weighted by atomic mass is 9.84. The van der Waals surface area contributed by atoms with Crippen LogP contribution in [0.1, 0.15) is 58.3 Å². The molecule has 0 radical (unpaired) electrons. The third kappa shape index (κ3) is 5.62. The molecule has 0 atom stereocenters. The number of hydrogen-bond donors (Lipinski definition) is 2. The number of hydrogen-bond acceptors (Lipinski definition) is 3. The Morgan fingerprint density at radius 3 is 2.33 bits per heavy atom. The molecule has 5 nitrogen and oxygen atoms in total. The monoisotopic (exact) mass is 337 g/mol. The van der Waals surface area contributed by atoms with Gasteiger partial charge in [-0.25, -0.2) is 0 Å². The highest BCUT2D eigenvalue weighted by molar-refractivity contribution is 5.79. The summed E-state index contributed by atoms with van der Waals surface area (Å²) in [6.07, 6.45) is 10.4. The summed E-state index contributed by atoms with van der Waals surface area (Å²) in [6.45, 7) is 9.25. The van der Waals surface area contributed by atoms with Gasteiger partial charge < -0.3 is 15.5 Å². The lowest BCUT2D eigenvalue weighted by Crippen LogP contribution is -2.62. The van der Waals surface area contributed by atoms with E-state index in [1.165, 1.54) is 77.5 Å². The normalized spacial score (nSPS) is 23.2. The number of nitrogens with one attached hydrogen (secondary N) is 2. The molecule has 0 bridgehead atoms. The molecule has 0 aliphatic carbocycles. The second-order valence-corrected chi connectivity index (χ2v) is 7.63. The van der Waals surface area contributed by atoms with Crippen LogP contribution in [0.4, 0.5) is 0 Å². The molecule has 2 fully saturated rings. The van der Waals surface area contributed by atoms with Crippen LogP contribution in [0.5, 0.6) is 0 Å². The van der Waals surface area contributed by atoms with Crippen molar-refractivity contribution in [2.45, 2.75) is 63.8 Å². The van der Waals surface area contributed by atoms with E-state index in [9.17, 15) is 0 Å². The summed E-state index contributed by atoms with van der Waals surface area (Å²) in [7, 11) is 4.14. The number of piperidine rings is 2. The molecule has 2 heterocycles. The van der Waals surface area contributed by atoms with E-state index in [0.29, 0.717) is 5.54 Å². The molecule has 2 aliphatic rings. The van der Waals surface area contributed by atoms with Gasteiger partial charge in [0.25, 0.3) is 0 Å². The molecule has 2 saturated heterocycles. The second kappa shape index (κ2) is 10.2. The van der Waals surface area contributed by atoms with Crippen LogP contribution >= 0.6 is 0 Å². The van der Waals surface area contributed by atoms with Gasteiger partial charge in [0.2, 0.25) is 0 Å². The molecule has 24 heavy (non-hydrogen) atoms. The lowest BCUT2D eigenvalue weighted by molar-refractivity contribution is 0.0173. The Morgan fingerprint density at radius 2 is 1.71 bits per heavy atom. The standard InChI is InChI=1S/C19H39N5/c1-4-5-7-12-21-18(20-2)22-17-19(10-15-23(3)16-11-19)24-13-8-6-9-14-24/h4-17H2,1-3H3,(H2,20,21,22). The Labute approximate surface area is 149 Å². The SMILES string of the molecule is CCCCCNC(=NC)NCC1(N2CCCCC2)CCN(C)CC1. The molecule has 0 spiro atoms. The van der Waals surface area contributed by atoms with Crippen molar-refractivity contribution in [2.75, 3.05) is 53.4 Å². The fourth-order valence-electron chi connectivity index (χ4n) is 4.06. The average Bonchev–Trinajstić information content (AvgIpc) is 2.63. The Morgan fingerprint density at radius 1 is 1.00 bits per heavy atom. The first-order valence-electron chi connectivity index (χ1n) is 10.1. The van der Waals surface area contributed by atoms with Gasteiger partial charge in [0.15, 0.2) is 5.96 Å². The maximum Gasteiger partial charge on any atom is 0.191 e. The van der Waals surface area contributed by atoms with Gasteiger partial charge in [0.05, 0.1) is 0 Å². The Balaban J connectivity index is 1.90. The highest BCUT2D eigenvalue weighted by Gasteiger charge is 2.39. The Bertz CT molecular complexity index is 368. The highest BCUT2D eigenvalue weighted by Crippen LogP contribution is 2.30. The van der Waals surface area contributed by atoms with Crippen LogP contribution in [-0.4, -0.2) is 74.7 Å². The van der Waals surface area contributed by atoms with E-state index in [-0.39, 0.29) is 0 Å². The summed E-state index contributed by atoms with van der Waals surface area (Å²) >= 11 is 0. The van der Waals surface area contributed by atoms with E-state index < -0.39 is 0 Å². The van der Waals surface area contributed by atoms with Crippen LogP contribution < -0.4 is 10.6 Å². The van der Waals surface area contributed by atoms with Gasteiger partial charge in [0.1, 0.15) is 0 Å². The smallest absolute Gasteiger partial charge is 0.191 e. The number of aliphatic imine (C=N–C) groups is 1. The molecule has 2 rings (SSSR count). The quantitative estimate of drug-likeness (QED) is 0.425. The van der Waals surface area contributed by atoms with Crippen molar-refractivity contribution in [1.29, 1.82) is 0 Å². The van der Waals surface area contributed by atoms with E-state index in [1.807, 2.05) is 7.05 Å². The minimum absolute atomic E-state index is 0.313. The van der Waals surface area contributed by atoms with Gasteiger partial charge in [-0.1, -0.05) is 26.2 Å². The maximum absolute atomic E-state index is 4.43. The molecule has 0 saturated carbocycles. The predicted octanol–water partition coefficient (Wildman–Crippen LogP) is 2.29. The molecule has 0 aromatic rings. The highest BCUT2D eigenvalue weighted by atomic mass is 15.3. The average molecular weight is 338 g/mol. The zero-order chi connectivity index (χ0) is 17.3. The van der Waals surface area contributed by atoms with Crippen LogP contribution in [0.25, 0.3) is 0 Å². The molecule has 0 aromatic heterocycles. The van der Waals surface area contributed by atoms with Crippen molar-refractivity contribution in [2.24, 2.45) is 4.99 Å². The first-order valence-corrected chi connectivity index (χ1v) is 10.1. The van der Waals surface area contributed by atoms with Gasteiger partial charge in [-0.3, -0.25) is 9.89 Å². The van der Waals surface area contributed by atoms with E-state index in [0.717, 1.165) is 19.0 Å². The fraction of sp³-hybridized carbons (Fsp3) is 0.947. The largest absolute Gasteiger partial charge is 0.356 e. The third-order valence-corrected chi connectivity index (χ3v) is 5.83. The molecule has 2 aliphatic heterocycles. The second-order valence-electron chi connectivity index (χ2n) is 7.63. The van der Waals surface area contributed by atoms with Crippen LogP contribution in [0, 0.1) is 0 Å². The van der Waals surface area contributed by atoms with Gasteiger partial charge in [-0.05, 0) is 65.3 Å². The summed E-state index contributed by atoms with van der Waals surface area (Å²) in [6, 6.07) is 0. The maximum atomic E-state index is 4.43. The summed E-state index contributed by atoms with van der Waals surface area (Å²) in [5.41, 5.74) is 0.313. The zero-order valence-corrected chi connectivity index (χ0v) is 16.2. The van der Waals surface area contributed by atoms with Gasteiger partial charge >= 0.3 is 0 Å². The molecule has 0 unspecified atom stereocenters. The molecule has 5 heteroatoms. The lowest BCUT2D eigenvalue weighted by Gasteiger charge is -2.50. The van der Waals surface area contributed by atoms with Gasteiger partial charge in [0, 0.05) is 25.7 Å². The van der Waals surface area contributed by atoms with Gasteiger partial charge in [-0.15, -0.1) is 0 Å². The molecular weight excluding hydrogens is 298 g/mol. The molecule has 140 valence electrons. The molecular formula is C19H39N5. The number of nitrogens with zero attached hydrogens (tertiary/aromatic N) is 3. The van der Waals surface area contributed by atoms with Gasteiger partial charge in [-0.2, -0.15) is 0 Å². The van der Waals surface area contributed by atoms with E-state index >= 15 is 0 Å². The zero-order valence-electron chi connectivity index (χ0n) is 16.2. The van der Waals surface area contributed by atoms with Crippen molar-refractivity contribution in [3.05, 3.63) is 0 Å². The van der Waals surface area contributed by atoms with Crippen molar-refractivity contribution < 1.29 is 0 Å². The summed E-state index contributed by atoms with van der Waals surface area (Å²) in [5.74, 6) is 0.974.